The van der Waals surface area contributed by atoms with E-state index in [-0.39, 0.29) is 16.3 Å². The zero-order valence-corrected chi connectivity index (χ0v) is 12.1. The van der Waals surface area contributed by atoms with Gasteiger partial charge in [0.1, 0.15) is 23.7 Å². The van der Waals surface area contributed by atoms with Crippen LogP contribution >= 0.6 is 11.6 Å². The van der Waals surface area contributed by atoms with Crippen LogP contribution in [0.5, 0.6) is 5.75 Å². The van der Waals surface area contributed by atoms with Gasteiger partial charge < -0.3 is 10.0 Å². The van der Waals surface area contributed by atoms with Gasteiger partial charge in [-0.15, -0.1) is 0 Å². The van der Waals surface area contributed by atoms with Crippen LogP contribution in [0.3, 0.4) is 0 Å². The van der Waals surface area contributed by atoms with Gasteiger partial charge in [0.05, 0.1) is 10.7 Å². The monoisotopic (exact) mass is 307 g/mol. The molecule has 21 heavy (non-hydrogen) atoms. The van der Waals surface area contributed by atoms with E-state index in [0.717, 1.165) is 37.8 Å². The van der Waals surface area contributed by atoms with E-state index in [1.54, 1.807) is 6.07 Å². The quantitative estimate of drug-likeness (QED) is 0.920. The molecule has 0 radical (unpaired) electrons. The van der Waals surface area contributed by atoms with Crippen molar-refractivity contribution in [3.8, 4) is 17.0 Å². The van der Waals surface area contributed by atoms with Crippen molar-refractivity contribution in [3.63, 3.8) is 0 Å². The summed E-state index contributed by atoms with van der Waals surface area (Å²) in [5.41, 5.74) is 0.725. The van der Waals surface area contributed by atoms with Crippen molar-refractivity contribution in [1.29, 1.82) is 0 Å². The third-order valence-corrected chi connectivity index (χ3v) is 3.95. The molecule has 3 rings (SSSR count). The Bertz CT molecular complexity index is 659. The zero-order chi connectivity index (χ0) is 14.8. The highest BCUT2D eigenvalue weighted by Gasteiger charge is 2.15. The van der Waals surface area contributed by atoms with Crippen LogP contribution in [-0.4, -0.2) is 28.2 Å². The van der Waals surface area contributed by atoms with Crippen LogP contribution in [0.2, 0.25) is 5.02 Å². The average molecular weight is 308 g/mol. The van der Waals surface area contributed by atoms with E-state index in [1.165, 1.54) is 18.8 Å². The lowest BCUT2D eigenvalue weighted by atomic mass is 10.1. The van der Waals surface area contributed by atoms with Gasteiger partial charge in [-0.3, -0.25) is 0 Å². The summed E-state index contributed by atoms with van der Waals surface area (Å²) in [6.07, 6.45) is 4.94. The molecular weight excluding hydrogens is 293 g/mol. The standard InChI is InChI=1S/C15H15ClFN3O/c16-11-6-10(12(17)7-14(11)21)13-8-15(19-9-18-13)20-4-2-1-3-5-20/h6-9,21H,1-5H2. The maximum atomic E-state index is 14.0. The fourth-order valence-corrected chi connectivity index (χ4v) is 2.69. The molecule has 110 valence electrons. The van der Waals surface area contributed by atoms with Crippen LogP contribution in [-0.2, 0) is 0 Å². The number of benzene rings is 1. The maximum Gasteiger partial charge on any atom is 0.137 e. The van der Waals surface area contributed by atoms with E-state index < -0.39 is 5.82 Å². The molecule has 1 N–H and O–H groups in total. The Morgan fingerprint density at radius 3 is 2.62 bits per heavy atom. The number of phenols is 1. The average Bonchev–Trinajstić information content (AvgIpc) is 2.52. The van der Waals surface area contributed by atoms with Gasteiger partial charge >= 0.3 is 0 Å². The zero-order valence-electron chi connectivity index (χ0n) is 11.4. The molecule has 1 fully saturated rings. The van der Waals surface area contributed by atoms with Crippen LogP contribution in [0, 0.1) is 5.82 Å². The summed E-state index contributed by atoms with van der Waals surface area (Å²) < 4.78 is 14.0. The molecule has 1 aliphatic heterocycles. The van der Waals surface area contributed by atoms with E-state index in [1.807, 2.05) is 0 Å². The number of phenolic OH excluding ortho intramolecular Hbond substituents is 1. The van der Waals surface area contributed by atoms with Crippen LogP contribution in [0.4, 0.5) is 10.2 Å². The Kier molecular flexibility index (Phi) is 3.92. The van der Waals surface area contributed by atoms with Gasteiger partial charge in [0.2, 0.25) is 0 Å². The summed E-state index contributed by atoms with van der Waals surface area (Å²) in [5, 5.41) is 9.52. The van der Waals surface area contributed by atoms with Crippen LogP contribution in [0.15, 0.2) is 24.5 Å². The Morgan fingerprint density at radius 2 is 1.86 bits per heavy atom. The van der Waals surface area contributed by atoms with E-state index in [4.69, 9.17) is 11.6 Å². The van der Waals surface area contributed by atoms with Gasteiger partial charge in [-0.1, -0.05) is 11.6 Å². The third kappa shape index (κ3) is 2.93. The first-order chi connectivity index (χ1) is 10.1. The Morgan fingerprint density at radius 1 is 1.10 bits per heavy atom. The van der Waals surface area contributed by atoms with Crippen molar-refractivity contribution in [2.45, 2.75) is 19.3 Å². The number of hydrogen-bond donors (Lipinski definition) is 1. The highest BCUT2D eigenvalue weighted by Crippen LogP contribution is 2.32. The number of aromatic hydroxyl groups is 1. The lowest BCUT2D eigenvalue weighted by molar-refractivity contribution is 0.469. The smallest absolute Gasteiger partial charge is 0.137 e. The number of nitrogens with zero attached hydrogens (tertiary/aromatic N) is 3. The topological polar surface area (TPSA) is 49.2 Å². The maximum absolute atomic E-state index is 14.0. The fourth-order valence-electron chi connectivity index (χ4n) is 2.52. The number of rotatable bonds is 2. The molecule has 4 nitrogen and oxygen atoms in total. The Hall–Kier alpha value is -1.88. The normalized spacial score (nSPS) is 15.2. The number of aromatic nitrogens is 2. The van der Waals surface area contributed by atoms with Crippen molar-refractivity contribution < 1.29 is 9.50 Å². The van der Waals surface area contributed by atoms with E-state index in [0.29, 0.717) is 5.69 Å². The van der Waals surface area contributed by atoms with Crippen molar-refractivity contribution in [2.24, 2.45) is 0 Å². The van der Waals surface area contributed by atoms with E-state index in [9.17, 15) is 9.50 Å². The Balaban J connectivity index is 1.97. The molecule has 0 spiro atoms. The molecule has 0 bridgehead atoms. The van der Waals surface area contributed by atoms with Crippen LogP contribution in [0.25, 0.3) is 11.3 Å². The van der Waals surface area contributed by atoms with Crippen LogP contribution < -0.4 is 4.90 Å². The molecule has 6 heteroatoms. The van der Waals surface area contributed by atoms with Gasteiger partial charge in [-0.05, 0) is 25.3 Å². The summed E-state index contributed by atoms with van der Waals surface area (Å²) in [5.74, 6) is -0.0354. The first kappa shape index (κ1) is 14.1. The van der Waals surface area contributed by atoms with Gasteiger partial charge in [-0.2, -0.15) is 0 Å². The number of piperidine rings is 1. The predicted octanol–water partition coefficient (Wildman–Crippen LogP) is 3.63. The molecule has 1 aromatic carbocycles. The summed E-state index contributed by atoms with van der Waals surface area (Å²) in [4.78, 5) is 10.6. The molecule has 1 aromatic heterocycles. The van der Waals surface area contributed by atoms with Crippen molar-refractivity contribution in [1.82, 2.24) is 9.97 Å². The third-order valence-electron chi connectivity index (χ3n) is 3.65. The molecule has 1 saturated heterocycles. The molecule has 0 saturated carbocycles. The number of hydrogen-bond acceptors (Lipinski definition) is 4. The van der Waals surface area contributed by atoms with Crippen LogP contribution in [0.1, 0.15) is 19.3 Å². The van der Waals surface area contributed by atoms with Crippen molar-refractivity contribution in [2.75, 3.05) is 18.0 Å². The highest BCUT2D eigenvalue weighted by atomic mass is 35.5. The predicted molar refractivity (Wildman–Crippen MR) is 80.2 cm³/mol. The van der Waals surface area contributed by atoms with Gasteiger partial charge in [0.15, 0.2) is 0 Å². The SMILES string of the molecule is Oc1cc(F)c(-c2cc(N3CCCCC3)ncn2)cc1Cl. The molecule has 0 amide bonds. The molecule has 0 aliphatic carbocycles. The number of halogens is 2. The summed E-state index contributed by atoms with van der Waals surface area (Å²) in [7, 11) is 0. The second-order valence-corrected chi connectivity index (χ2v) is 5.50. The van der Waals surface area contributed by atoms with Crippen molar-refractivity contribution in [3.05, 3.63) is 35.4 Å². The van der Waals surface area contributed by atoms with Gasteiger partial charge in [-0.25, -0.2) is 14.4 Å². The second kappa shape index (κ2) is 5.85. The van der Waals surface area contributed by atoms with Crippen molar-refractivity contribution >= 4 is 17.4 Å². The lowest BCUT2D eigenvalue weighted by Gasteiger charge is -2.27. The number of anilines is 1. The van der Waals surface area contributed by atoms with Gasteiger partial charge in [0, 0.05) is 30.8 Å². The highest BCUT2D eigenvalue weighted by molar-refractivity contribution is 6.32. The summed E-state index contributed by atoms with van der Waals surface area (Å²) in [6.45, 7) is 1.91. The lowest BCUT2D eigenvalue weighted by Crippen LogP contribution is -2.30. The van der Waals surface area contributed by atoms with Gasteiger partial charge in [0.25, 0.3) is 0 Å². The Labute approximate surface area is 127 Å². The molecule has 2 aromatic rings. The molecule has 0 unspecified atom stereocenters. The molecule has 1 aliphatic rings. The minimum Gasteiger partial charge on any atom is -0.506 e. The minimum absolute atomic E-state index is 0.101. The van der Waals surface area contributed by atoms with E-state index >= 15 is 0 Å². The van der Waals surface area contributed by atoms with E-state index in [2.05, 4.69) is 14.9 Å². The second-order valence-electron chi connectivity index (χ2n) is 5.09. The summed E-state index contributed by atoms with van der Waals surface area (Å²) in [6, 6.07) is 4.14. The first-order valence-electron chi connectivity index (χ1n) is 6.90. The molecule has 0 atom stereocenters. The fraction of sp³-hybridized carbons (Fsp3) is 0.333. The largest absolute Gasteiger partial charge is 0.506 e. The molecule has 2 heterocycles. The minimum atomic E-state index is -0.555. The first-order valence-corrected chi connectivity index (χ1v) is 7.28. The molecular formula is C15H15ClFN3O. The summed E-state index contributed by atoms with van der Waals surface area (Å²) >= 11 is 5.85.